The van der Waals surface area contributed by atoms with Crippen LogP contribution in [0.3, 0.4) is 0 Å². The monoisotopic (exact) mass is 330 g/mol. The minimum Gasteiger partial charge on any atom is -0.513 e. The molecule has 0 aromatic heterocycles. The van der Waals surface area contributed by atoms with Crippen LogP contribution in [0.2, 0.25) is 0 Å². The maximum absolute atomic E-state index is 10.1. The Morgan fingerprint density at radius 3 is 2.58 bits per heavy atom. The maximum atomic E-state index is 10.1. The first-order chi connectivity index (χ1) is 11.4. The SMILES string of the molecule is CNC1CC2C=C(O)CC[C@]2(C)[C@@H]2CC[C@]3(C)C(NC)C=C[C@H]3[C@H]12. The first-order valence-electron chi connectivity index (χ1n) is 9.86. The van der Waals surface area contributed by atoms with Gasteiger partial charge in [-0.25, -0.2) is 0 Å². The van der Waals surface area contributed by atoms with Crippen LogP contribution in [0.1, 0.15) is 46.0 Å². The average molecular weight is 331 g/mol. The molecule has 0 amide bonds. The predicted molar refractivity (Wildman–Crippen MR) is 98.8 cm³/mol. The molecule has 4 rings (SSSR count). The predicted octanol–water partition coefficient (Wildman–Crippen LogP) is 3.64. The number of nitrogens with one attached hydrogen (secondary N) is 2. The fraction of sp³-hybridized carbons (Fsp3) is 0.810. The van der Waals surface area contributed by atoms with Gasteiger partial charge in [0.2, 0.25) is 0 Å². The van der Waals surface area contributed by atoms with Gasteiger partial charge in [-0.15, -0.1) is 0 Å². The smallest absolute Gasteiger partial charge is 0.0886 e. The summed E-state index contributed by atoms with van der Waals surface area (Å²) in [5.74, 6) is 3.31. The minimum atomic E-state index is 0.358. The molecule has 0 aromatic carbocycles. The van der Waals surface area contributed by atoms with Crippen LogP contribution >= 0.6 is 0 Å². The molecule has 24 heavy (non-hydrogen) atoms. The van der Waals surface area contributed by atoms with Crippen LogP contribution in [0.5, 0.6) is 0 Å². The molecule has 0 spiro atoms. The van der Waals surface area contributed by atoms with E-state index in [4.69, 9.17) is 0 Å². The summed E-state index contributed by atoms with van der Waals surface area (Å²) in [6.45, 7) is 5.02. The van der Waals surface area contributed by atoms with E-state index >= 15 is 0 Å². The van der Waals surface area contributed by atoms with Crippen LogP contribution in [-0.2, 0) is 0 Å². The summed E-state index contributed by atoms with van der Waals surface area (Å²) >= 11 is 0. The molecule has 4 aliphatic carbocycles. The molecule has 3 N–H and O–H groups in total. The Balaban J connectivity index is 1.72. The second kappa shape index (κ2) is 5.60. The molecule has 2 saturated carbocycles. The normalized spacial score (nSPS) is 53.1. The van der Waals surface area contributed by atoms with Crippen molar-refractivity contribution in [3.63, 3.8) is 0 Å². The lowest BCUT2D eigenvalue weighted by Gasteiger charge is -2.61. The number of likely N-dealkylation sites (N-methyl/N-ethyl adjacent to an activating group) is 1. The lowest BCUT2D eigenvalue weighted by Crippen LogP contribution is -2.61. The molecule has 3 heteroatoms. The van der Waals surface area contributed by atoms with E-state index in [-0.39, 0.29) is 0 Å². The fourth-order valence-corrected chi connectivity index (χ4v) is 7.03. The number of hydrogen-bond donors (Lipinski definition) is 3. The van der Waals surface area contributed by atoms with E-state index in [2.05, 4.69) is 56.8 Å². The van der Waals surface area contributed by atoms with Gasteiger partial charge in [0.25, 0.3) is 0 Å². The molecule has 8 atom stereocenters. The molecule has 0 radical (unpaired) electrons. The van der Waals surface area contributed by atoms with E-state index in [0.29, 0.717) is 40.5 Å². The highest BCUT2D eigenvalue weighted by molar-refractivity contribution is 5.24. The highest BCUT2D eigenvalue weighted by Gasteiger charge is 2.60. The van der Waals surface area contributed by atoms with Gasteiger partial charge >= 0.3 is 0 Å². The number of aliphatic hydroxyl groups excluding tert-OH is 1. The van der Waals surface area contributed by atoms with E-state index < -0.39 is 0 Å². The summed E-state index contributed by atoms with van der Waals surface area (Å²) in [5, 5.41) is 17.3. The molecule has 134 valence electrons. The average Bonchev–Trinajstić information content (AvgIpc) is 2.91. The first-order valence-corrected chi connectivity index (χ1v) is 9.86. The largest absolute Gasteiger partial charge is 0.513 e. The Bertz CT molecular complexity index is 570. The van der Waals surface area contributed by atoms with Crippen LogP contribution < -0.4 is 10.6 Å². The maximum Gasteiger partial charge on any atom is 0.0886 e. The molecule has 0 saturated heterocycles. The number of rotatable bonds is 2. The molecule has 0 aromatic rings. The van der Waals surface area contributed by atoms with E-state index in [9.17, 15) is 5.11 Å². The van der Waals surface area contributed by atoms with Gasteiger partial charge in [0.15, 0.2) is 0 Å². The standard InChI is InChI=1S/C21H34N2O/c1-20-9-7-14(24)11-13(20)12-17(22-3)19-15-5-6-18(23-4)21(15,2)10-8-16(19)20/h5-6,11,13,15-19,22-24H,7-10,12H2,1-4H3/t13?,15-,16+,17?,18?,19-,20-,21-/m0/s1. The third-order valence-corrected chi connectivity index (χ3v) is 8.52. The van der Waals surface area contributed by atoms with E-state index in [1.165, 1.54) is 19.3 Å². The summed E-state index contributed by atoms with van der Waals surface area (Å²) in [6, 6.07) is 1.07. The van der Waals surface area contributed by atoms with E-state index in [1.54, 1.807) is 0 Å². The van der Waals surface area contributed by atoms with Crippen LogP contribution in [-0.4, -0.2) is 31.3 Å². The molecule has 3 unspecified atom stereocenters. The van der Waals surface area contributed by atoms with Crippen molar-refractivity contribution in [2.75, 3.05) is 14.1 Å². The second-order valence-corrected chi connectivity index (χ2v) is 9.31. The summed E-state index contributed by atoms with van der Waals surface area (Å²) in [4.78, 5) is 0. The summed E-state index contributed by atoms with van der Waals surface area (Å²) in [5.41, 5.74) is 0.720. The highest BCUT2D eigenvalue weighted by Crippen LogP contribution is 2.64. The molecule has 0 bridgehead atoms. The van der Waals surface area contributed by atoms with Gasteiger partial charge < -0.3 is 15.7 Å². The number of fused-ring (bicyclic) bond motifs is 5. The van der Waals surface area contributed by atoms with Crippen LogP contribution in [0.25, 0.3) is 0 Å². The van der Waals surface area contributed by atoms with Gasteiger partial charge in [0.1, 0.15) is 0 Å². The van der Waals surface area contributed by atoms with Crippen molar-refractivity contribution in [2.45, 2.75) is 58.0 Å². The van der Waals surface area contributed by atoms with Crippen molar-refractivity contribution in [3.8, 4) is 0 Å². The zero-order chi connectivity index (χ0) is 17.1. The van der Waals surface area contributed by atoms with Crippen LogP contribution in [0, 0.1) is 34.5 Å². The molecular weight excluding hydrogens is 296 g/mol. The van der Waals surface area contributed by atoms with Gasteiger partial charge in [-0.2, -0.15) is 0 Å². The lowest BCUT2D eigenvalue weighted by molar-refractivity contribution is -0.0950. The second-order valence-electron chi connectivity index (χ2n) is 9.31. The molecular formula is C21H34N2O. The van der Waals surface area contributed by atoms with Crippen molar-refractivity contribution >= 4 is 0 Å². The third kappa shape index (κ3) is 2.10. The minimum absolute atomic E-state index is 0.358. The molecule has 2 fully saturated rings. The Morgan fingerprint density at radius 2 is 1.88 bits per heavy atom. The number of allylic oxidation sites excluding steroid dienone is 3. The van der Waals surface area contributed by atoms with Crippen molar-refractivity contribution in [1.82, 2.24) is 10.6 Å². The molecule has 4 aliphatic rings. The van der Waals surface area contributed by atoms with Gasteiger partial charge in [0, 0.05) is 18.5 Å². The topological polar surface area (TPSA) is 44.3 Å². The molecule has 3 nitrogen and oxygen atoms in total. The van der Waals surface area contributed by atoms with Gasteiger partial charge in [-0.05, 0) is 80.4 Å². The lowest BCUT2D eigenvalue weighted by atomic mass is 9.44. The highest BCUT2D eigenvalue weighted by atomic mass is 16.3. The zero-order valence-electron chi connectivity index (χ0n) is 15.7. The van der Waals surface area contributed by atoms with Crippen LogP contribution in [0.4, 0.5) is 0 Å². The van der Waals surface area contributed by atoms with E-state index in [0.717, 1.165) is 24.7 Å². The van der Waals surface area contributed by atoms with Crippen molar-refractivity contribution in [2.24, 2.45) is 34.5 Å². The first kappa shape index (κ1) is 16.7. The summed E-state index contributed by atoms with van der Waals surface area (Å²) in [7, 11) is 4.24. The Hall–Kier alpha value is -0.800. The van der Waals surface area contributed by atoms with Crippen molar-refractivity contribution < 1.29 is 5.11 Å². The summed E-state index contributed by atoms with van der Waals surface area (Å²) in [6.07, 6.45) is 13.0. The van der Waals surface area contributed by atoms with Gasteiger partial charge in [-0.3, -0.25) is 0 Å². The van der Waals surface area contributed by atoms with Gasteiger partial charge in [-0.1, -0.05) is 26.0 Å². The Kier molecular flexibility index (Phi) is 3.89. The van der Waals surface area contributed by atoms with Gasteiger partial charge in [0.05, 0.1) is 5.76 Å². The van der Waals surface area contributed by atoms with Crippen LogP contribution in [0.15, 0.2) is 24.0 Å². The summed E-state index contributed by atoms with van der Waals surface area (Å²) < 4.78 is 0. The Morgan fingerprint density at radius 1 is 1.08 bits per heavy atom. The zero-order valence-corrected chi connectivity index (χ0v) is 15.7. The fourth-order valence-electron chi connectivity index (χ4n) is 7.03. The van der Waals surface area contributed by atoms with Crippen molar-refractivity contribution in [1.29, 1.82) is 0 Å². The van der Waals surface area contributed by atoms with Crippen molar-refractivity contribution in [3.05, 3.63) is 24.0 Å². The van der Waals surface area contributed by atoms with E-state index in [1.807, 2.05) is 0 Å². The number of hydrogen-bond acceptors (Lipinski definition) is 3. The molecule has 0 heterocycles. The third-order valence-electron chi connectivity index (χ3n) is 8.52. The number of aliphatic hydroxyl groups is 1. The quantitative estimate of drug-likeness (QED) is 0.677. The Labute approximate surface area is 147 Å². The molecule has 0 aliphatic heterocycles.